The summed E-state index contributed by atoms with van der Waals surface area (Å²) in [4.78, 5) is 25.1. The number of nitrogens with one attached hydrogen (secondary N) is 1. The summed E-state index contributed by atoms with van der Waals surface area (Å²) >= 11 is 0. The van der Waals surface area contributed by atoms with Gasteiger partial charge in [0.05, 0.1) is 5.56 Å². The molecule has 3 rings (SSSR count). The van der Waals surface area contributed by atoms with Gasteiger partial charge in [0.15, 0.2) is 0 Å². The van der Waals surface area contributed by atoms with Crippen LogP contribution < -0.4 is 11.1 Å². The number of likely N-dealkylation sites (tertiary alicyclic amines) is 1. The van der Waals surface area contributed by atoms with Gasteiger partial charge >= 0.3 is 12.2 Å². The number of hydrogen-bond donors (Lipinski definition) is 2. The number of carbonyl (C=O) groups excluding carboxylic acids is 2. The van der Waals surface area contributed by atoms with E-state index in [1.807, 2.05) is 0 Å². The average molecular weight is 369 g/mol. The zero-order valence-electron chi connectivity index (χ0n) is 14.3. The number of carbonyl (C=O) groups is 2. The monoisotopic (exact) mass is 369 g/mol. The molecule has 2 aliphatic rings. The van der Waals surface area contributed by atoms with Gasteiger partial charge < -0.3 is 16.0 Å². The van der Waals surface area contributed by atoms with Crippen molar-refractivity contribution < 1.29 is 22.8 Å². The van der Waals surface area contributed by atoms with Crippen molar-refractivity contribution in [3.05, 3.63) is 35.4 Å². The average Bonchev–Trinajstić information content (AvgIpc) is 3.32. The molecule has 0 aromatic heterocycles. The van der Waals surface area contributed by atoms with Crippen molar-refractivity contribution in [3.8, 4) is 0 Å². The third kappa shape index (κ3) is 4.28. The Morgan fingerprint density at radius 1 is 1.27 bits per heavy atom. The molecule has 0 radical (unpaired) electrons. The Labute approximate surface area is 149 Å². The molecule has 0 bridgehead atoms. The van der Waals surface area contributed by atoms with Gasteiger partial charge in [0.25, 0.3) is 0 Å². The van der Waals surface area contributed by atoms with Crippen molar-refractivity contribution in [1.82, 2.24) is 10.2 Å². The predicted octanol–water partition coefficient (Wildman–Crippen LogP) is 2.86. The summed E-state index contributed by atoms with van der Waals surface area (Å²) in [6.07, 6.45) is -2.02. The van der Waals surface area contributed by atoms with Crippen molar-refractivity contribution in [2.75, 3.05) is 13.1 Å². The van der Waals surface area contributed by atoms with E-state index in [1.165, 1.54) is 12.1 Å². The van der Waals surface area contributed by atoms with Gasteiger partial charge in [0.1, 0.15) is 0 Å². The highest BCUT2D eigenvalue weighted by molar-refractivity contribution is 5.76. The van der Waals surface area contributed by atoms with Crippen LogP contribution in [-0.2, 0) is 11.0 Å². The first-order valence-electron chi connectivity index (χ1n) is 8.75. The van der Waals surface area contributed by atoms with Gasteiger partial charge in [-0.2, -0.15) is 13.2 Å². The Morgan fingerprint density at radius 2 is 2.00 bits per heavy atom. The normalized spacial score (nSPS) is 25.7. The second-order valence-electron chi connectivity index (χ2n) is 7.11. The molecule has 1 saturated heterocycles. The van der Waals surface area contributed by atoms with Gasteiger partial charge in [-0.3, -0.25) is 4.79 Å². The molecule has 26 heavy (non-hydrogen) atoms. The van der Waals surface area contributed by atoms with Gasteiger partial charge in [0, 0.05) is 31.5 Å². The van der Waals surface area contributed by atoms with E-state index in [0.29, 0.717) is 19.5 Å². The molecule has 3 atom stereocenters. The number of urea groups is 1. The fraction of sp³-hybridized carbons (Fsp3) is 0.556. The van der Waals surface area contributed by atoms with Crippen LogP contribution in [0.5, 0.6) is 0 Å². The topological polar surface area (TPSA) is 75.4 Å². The fourth-order valence-corrected chi connectivity index (χ4v) is 3.73. The number of piperidine rings is 1. The number of primary amides is 1. The number of nitrogens with zero attached hydrogens (tertiary/aromatic N) is 1. The summed E-state index contributed by atoms with van der Waals surface area (Å²) in [6, 6.07) is 4.93. The molecule has 1 aliphatic carbocycles. The van der Waals surface area contributed by atoms with Crippen LogP contribution >= 0.6 is 0 Å². The van der Waals surface area contributed by atoms with E-state index in [9.17, 15) is 22.8 Å². The maximum absolute atomic E-state index is 13.1. The Balaban J connectivity index is 1.59. The molecule has 8 heteroatoms. The molecule has 142 valence electrons. The third-order valence-electron chi connectivity index (χ3n) is 5.06. The molecule has 3 unspecified atom stereocenters. The predicted molar refractivity (Wildman–Crippen MR) is 89.2 cm³/mol. The Kier molecular flexibility index (Phi) is 5.11. The fourth-order valence-electron chi connectivity index (χ4n) is 3.73. The number of nitrogens with two attached hydrogens (primary N) is 1. The number of amides is 3. The lowest BCUT2D eigenvalue weighted by atomic mass is 9.95. The second kappa shape index (κ2) is 7.17. The SMILES string of the molecule is NC(=O)CC1CCCN(C(=O)NC2CC2c2ccccc2C(F)(F)F)C1. The van der Waals surface area contributed by atoms with Crippen molar-refractivity contribution in [1.29, 1.82) is 0 Å². The van der Waals surface area contributed by atoms with E-state index < -0.39 is 11.7 Å². The maximum atomic E-state index is 13.1. The quantitative estimate of drug-likeness (QED) is 0.856. The van der Waals surface area contributed by atoms with E-state index in [0.717, 1.165) is 18.9 Å². The molecule has 1 aromatic rings. The second-order valence-corrected chi connectivity index (χ2v) is 7.11. The molecule has 0 spiro atoms. The van der Waals surface area contributed by atoms with E-state index in [1.54, 1.807) is 11.0 Å². The van der Waals surface area contributed by atoms with Crippen LogP contribution in [0.3, 0.4) is 0 Å². The van der Waals surface area contributed by atoms with Gasteiger partial charge in [-0.25, -0.2) is 4.79 Å². The lowest BCUT2D eigenvalue weighted by Gasteiger charge is -2.32. The first-order valence-corrected chi connectivity index (χ1v) is 8.75. The number of rotatable bonds is 4. The highest BCUT2D eigenvalue weighted by Crippen LogP contribution is 2.46. The van der Waals surface area contributed by atoms with Crippen LogP contribution in [0.4, 0.5) is 18.0 Å². The minimum absolute atomic E-state index is 0.0490. The summed E-state index contributed by atoms with van der Waals surface area (Å²) < 4.78 is 39.4. The van der Waals surface area contributed by atoms with E-state index >= 15 is 0 Å². The van der Waals surface area contributed by atoms with Crippen LogP contribution in [-0.4, -0.2) is 36.0 Å². The largest absolute Gasteiger partial charge is 0.416 e. The van der Waals surface area contributed by atoms with Gasteiger partial charge in [0.2, 0.25) is 5.91 Å². The van der Waals surface area contributed by atoms with E-state index in [4.69, 9.17) is 5.73 Å². The van der Waals surface area contributed by atoms with Crippen molar-refractivity contribution >= 4 is 11.9 Å². The zero-order chi connectivity index (χ0) is 18.9. The molecule has 1 aliphatic heterocycles. The van der Waals surface area contributed by atoms with Crippen LogP contribution in [0.25, 0.3) is 0 Å². The van der Waals surface area contributed by atoms with Crippen molar-refractivity contribution in [3.63, 3.8) is 0 Å². The molecular weight excluding hydrogens is 347 g/mol. The lowest BCUT2D eigenvalue weighted by molar-refractivity contribution is -0.138. The first kappa shape index (κ1) is 18.5. The molecule has 1 saturated carbocycles. The molecule has 1 aromatic carbocycles. The van der Waals surface area contributed by atoms with Crippen LogP contribution in [0, 0.1) is 5.92 Å². The van der Waals surface area contributed by atoms with Gasteiger partial charge in [-0.1, -0.05) is 18.2 Å². The smallest absolute Gasteiger partial charge is 0.370 e. The van der Waals surface area contributed by atoms with Crippen LogP contribution in [0.2, 0.25) is 0 Å². The van der Waals surface area contributed by atoms with Crippen molar-refractivity contribution in [2.24, 2.45) is 11.7 Å². The summed E-state index contributed by atoms with van der Waals surface area (Å²) in [5.74, 6) is -0.654. The summed E-state index contributed by atoms with van der Waals surface area (Å²) in [5, 5.41) is 2.83. The Bertz CT molecular complexity index is 693. The molecule has 1 heterocycles. The van der Waals surface area contributed by atoms with Gasteiger partial charge in [-0.15, -0.1) is 0 Å². The van der Waals surface area contributed by atoms with Crippen LogP contribution in [0.1, 0.15) is 42.7 Å². The summed E-state index contributed by atoms with van der Waals surface area (Å²) in [5.41, 5.74) is 4.81. The highest BCUT2D eigenvalue weighted by atomic mass is 19.4. The van der Waals surface area contributed by atoms with Crippen molar-refractivity contribution in [2.45, 2.75) is 43.8 Å². The Morgan fingerprint density at radius 3 is 2.69 bits per heavy atom. The minimum atomic E-state index is -4.40. The molecule has 2 fully saturated rings. The molecule has 5 nitrogen and oxygen atoms in total. The van der Waals surface area contributed by atoms with Crippen LogP contribution in [0.15, 0.2) is 24.3 Å². The summed E-state index contributed by atoms with van der Waals surface area (Å²) in [6.45, 7) is 1.03. The Hall–Kier alpha value is -2.25. The number of benzene rings is 1. The number of alkyl halides is 3. The zero-order valence-corrected chi connectivity index (χ0v) is 14.3. The first-order chi connectivity index (χ1) is 12.3. The summed E-state index contributed by atoms with van der Waals surface area (Å²) in [7, 11) is 0. The van der Waals surface area contributed by atoms with Gasteiger partial charge in [-0.05, 0) is 36.8 Å². The lowest BCUT2D eigenvalue weighted by Crippen LogP contribution is -2.47. The standard InChI is InChI=1S/C18H22F3N3O2/c19-18(20,21)14-6-2-1-5-12(14)13-9-15(13)23-17(26)24-7-3-4-11(10-24)8-16(22)25/h1-2,5-6,11,13,15H,3-4,7-10H2,(H2,22,25)(H,23,26). The van der Waals surface area contributed by atoms with E-state index in [2.05, 4.69) is 5.32 Å². The number of hydrogen-bond acceptors (Lipinski definition) is 2. The highest BCUT2D eigenvalue weighted by Gasteiger charge is 2.45. The minimum Gasteiger partial charge on any atom is -0.370 e. The molecule has 3 amide bonds. The number of halogens is 3. The molecular formula is C18H22F3N3O2. The third-order valence-corrected chi connectivity index (χ3v) is 5.06. The van der Waals surface area contributed by atoms with E-state index in [-0.39, 0.29) is 41.8 Å². The maximum Gasteiger partial charge on any atom is 0.416 e. The molecule has 3 N–H and O–H groups in total.